The van der Waals surface area contributed by atoms with Crippen LogP contribution in [0.15, 0.2) is 12.4 Å². The lowest BCUT2D eigenvalue weighted by Gasteiger charge is -2.04. The van der Waals surface area contributed by atoms with Gasteiger partial charge in [0.1, 0.15) is 6.07 Å². The minimum absolute atomic E-state index is 0.0412. The number of nitriles is 1. The second-order valence-corrected chi connectivity index (χ2v) is 3.22. The van der Waals surface area contributed by atoms with Gasteiger partial charge in [-0.15, -0.1) is 0 Å². The van der Waals surface area contributed by atoms with Gasteiger partial charge in [0.15, 0.2) is 5.56 Å². The van der Waals surface area contributed by atoms with E-state index in [0.29, 0.717) is 0 Å². The molecule has 0 spiro atoms. The molecule has 1 fully saturated rings. The molecule has 15 heavy (non-hydrogen) atoms. The number of hydrogen-bond acceptors (Lipinski definition) is 5. The lowest BCUT2D eigenvalue weighted by Crippen LogP contribution is -2.02. The molecule has 0 aliphatic heterocycles. The van der Waals surface area contributed by atoms with Gasteiger partial charge in [0.05, 0.1) is 23.4 Å². The van der Waals surface area contributed by atoms with Gasteiger partial charge in [0, 0.05) is 0 Å². The van der Waals surface area contributed by atoms with E-state index in [1.807, 2.05) is 0 Å². The van der Waals surface area contributed by atoms with E-state index in [4.69, 9.17) is 10.00 Å². The molecule has 6 heteroatoms. The second-order valence-electron chi connectivity index (χ2n) is 3.22. The first-order chi connectivity index (χ1) is 7.22. The SMILES string of the molecule is N#Cc1cncc(OC2CC2)c1[N+](=O)[O-]. The van der Waals surface area contributed by atoms with E-state index in [1.165, 1.54) is 6.20 Å². The summed E-state index contributed by atoms with van der Waals surface area (Å²) >= 11 is 0. The molecule has 1 aliphatic rings. The Hall–Kier alpha value is -2.16. The zero-order chi connectivity index (χ0) is 10.8. The summed E-state index contributed by atoms with van der Waals surface area (Å²) in [6.45, 7) is 0. The summed E-state index contributed by atoms with van der Waals surface area (Å²) in [5.41, 5.74) is -0.363. The van der Waals surface area contributed by atoms with E-state index < -0.39 is 4.92 Å². The monoisotopic (exact) mass is 205 g/mol. The van der Waals surface area contributed by atoms with Crippen molar-refractivity contribution in [2.75, 3.05) is 0 Å². The molecule has 0 radical (unpaired) electrons. The Morgan fingerprint density at radius 2 is 2.33 bits per heavy atom. The largest absolute Gasteiger partial charge is 0.482 e. The van der Waals surface area contributed by atoms with Gasteiger partial charge in [-0.25, -0.2) is 0 Å². The van der Waals surface area contributed by atoms with Gasteiger partial charge in [-0.3, -0.25) is 15.1 Å². The van der Waals surface area contributed by atoms with Crippen LogP contribution < -0.4 is 4.74 Å². The maximum absolute atomic E-state index is 10.8. The summed E-state index contributed by atoms with van der Waals surface area (Å²) in [5.74, 6) is 0.0848. The van der Waals surface area contributed by atoms with Crippen molar-refractivity contribution in [1.82, 2.24) is 4.98 Å². The Labute approximate surface area is 85.3 Å². The number of aromatic nitrogens is 1. The standard InChI is InChI=1S/C9H7N3O3/c10-3-6-4-11-5-8(9(6)12(13)14)15-7-1-2-7/h4-5,7H,1-2H2. The van der Waals surface area contributed by atoms with Gasteiger partial charge in [-0.05, 0) is 12.8 Å². The minimum Gasteiger partial charge on any atom is -0.482 e. The number of nitro groups is 1. The average Bonchev–Trinajstić information content (AvgIpc) is 3.01. The van der Waals surface area contributed by atoms with Crippen LogP contribution in [0, 0.1) is 21.4 Å². The molecule has 0 amide bonds. The first kappa shape index (κ1) is 9.40. The highest BCUT2D eigenvalue weighted by Crippen LogP contribution is 2.34. The zero-order valence-corrected chi connectivity index (χ0v) is 7.71. The molecule has 1 aromatic rings. The number of hydrogen-bond donors (Lipinski definition) is 0. The van der Waals surface area contributed by atoms with Crippen LogP contribution >= 0.6 is 0 Å². The fourth-order valence-corrected chi connectivity index (χ4v) is 1.16. The molecule has 6 nitrogen and oxygen atoms in total. The van der Waals surface area contributed by atoms with E-state index in [0.717, 1.165) is 19.0 Å². The predicted molar refractivity (Wildman–Crippen MR) is 49.3 cm³/mol. The third kappa shape index (κ3) is 1.86. The van der Waals surface area contributed by atoms with Crippen LogP contribution in [-0.4, -0.2) is 16.0 Å². The van der Waals surface area contributed by atoms with E-state index in [-0.39, 0.29) is 23.1 Å². The molecule has 0 saturated heterocycles. The molecule has 76 valence electrons. The molecule has 1 saturated carbocycles. The zero-order valence-electron chi connectivity index (χ0n) is 7.71. The number of pyridine rings is 1. The van der Waals surface area contributed by atoms with Crippen molar-refractivity contribution in [3.8, 4) is 11.8 Å². The predicted octanol–water partition coefficient (Wildman–Crippen LogP) is 1.40. The molecule has 1 aromatic heterocycles. The maximum Gasteiger partial charge on any atom is 0.331 e. The molecular weight excluding hydrogens is 198 g/mol. The number of nitrogens with zero attached hydrogens (tertiary/aromatic N) is 3. The molecular formula is C9H7N3O3. The lowest BCUT2D eigenvalue weighted by molar-refractivity contribution is -0.386. The summed E-state index contributed by atoms with van der Waals surface area (Å²) < 4.78 is 5.30. The fourth-order valence-electron chi connectivity index (χ4n) is 1.16. The van der Waals surface area contributed by atoms with Crippen molar-refractivity contribution in [2.24, 2.45) is 0 Å². The molecule has 0 unspecified atom stereocenters. The third-order valence-corrected chi connectivity index (χ3v) is 2.00. The minimum atomic E-state index is -0.613. The summed E-state index contributed by atoms with van der Waals surface area (Å²) in [4.78, 5) is 13.9. The Bertz CT molecular complexity index is 448. The van der Waals surface area contributed by atoms with E-state index in [2.05, 4.69) is 4.98 Å². The van der Waals surface area contributed by atoms with E-state index in [1.54, 1.807) is 6.07 Å². The first-order valence-electron chi connectivity index (χ1n) is 4.41. The fraction of sp³-hybridized carbons (Fsp3) is 0.333. The topological polar surface area (TPSA) is 89.0 Å². The van der Waals surface area contributed by atoms with E-state index in [9.17, 15) is 10.1 Å². The second kappa shape index (κ2) is 3.53. The van der Waals surface area contributed by atoms with Gasteiger partial charge in [-0.1, -0.05) is 0 Å². The van der Waals surface area contributed by atoms with Gasteiger partial charge in [0.2, 0.25) is 5.75 Å². The van der Waals surface area contributed by atoms with Crippen molar-refractivity contribution in [3.63, 3.8) is 0 Å². The van der Waals surface area contributed by atoms with Gasteiger partial charge < -0.3 is 4.74 Å². The molecule has 1 aliphatic carbocycles. The van der Waals surface area contributed by atoms with E-state index >= 15 is 0 Å². The summed E-state index contributed by atoms with van der Waals surface area (Å²) in [6.07, 6.45) is 4.27. The first-order valence-corrected chi connectivity index (χ1v) is 4.41. The Kier molecular flexibility index (Phi) is 2.21. The number of ether oxygens (including phenoxy) is 1. The highest BCUT2D eigenvalue weighted by Gasteiger charge is 2.29. The van der Waals surface area contributed by atoms with Gasteiger partial charge >= 0.3 is 5.69 Å². The maximum atomic E-state index is 10.8. The van der Waals surface area contributed by atoms with Crippen LogP contribution in [0.3, 0.4) is 0 Å². The highest BCUT2D eigenvalue weighted by atomic mass is 16.6. The Morgan fingerprint density at radius 3 is 2.87 bits per heavy atom. The van der Waals surface area contributed by atoms with Crippen LogP contribution in [0.2, 0.25) is 0 Å². The summed E-state index contributed by atoms with van der Waals surface area (Å²) in [5, 5.41) is 19.4. The van der Waals surface area contributed by atoms with Crippen LogP contribution in [0.25, 0.3) is 0 Å². The summed E-state index contributed by atoms with van der Waals surface area (Å²) in [6, 6.07) is 1.73. The lowest BCUT2D eigenvalue weighted by atomic mass is 10.2. The quantitative estimate of drug-likeness (QED) is 0.549. The average molecular weight is 205 g/mol. The Balaban J connectivity index is 2.42. The molecule has 1 heterocycles. The smallest absolute Gasteiger partial charge is 0.331 e. The third-order valence-electron chi connectivity index (χ3n) is 2.00. The highest BCUT2D eigenvalue weighted by molar-refractivity contribution is 5.56. The van der Waals surface area contributed by atoms with Crippen molar-refractivity contribution >= 4 is 5.69 Å². The normalized spacial score (nSPS) is 14.3. The summed E-state index contributed by atoms with van der Waals surface area (Å²) in [7, 11) is 0. The van der Waals surface area contributed by atoms with Gasteiger partial charge in [0.25, 0.3) is 0 Å². The molecule has 0 atom stereocenters. The van der Waals surface area contributed by atoms with Crippen LogP contribution in [0.4, 0.5) is 5.69 Å². The van der Waals surface area contributed by atoms with Gasteiger partial charge in [-0.2, -0.15) is 5.26 Å². The van der Waals surface area contributed by atoms with Crippen molar-refractivity contribution in [2.45, 2.75) is 18.9 Å². The molecule has 0 N–H and O–H groups in total. The van der Waals surface area contributed by atoms with Crippen LogP contribution in [-0.2, 0) is 0 Å². The molecule has 2 rings (SSSR count). The van der Waals surface area contributed by atoms with Crippen LogP contribution in [0.5, 0.6) is 5.75 Å². The molecule has 0 aromatic carbocycles. The van der Waals surface area contributed by atoms with Crippen molar-refractivity contribution < 1.29 is 9.66 Å². The molecule has 0 bridgehead atoms. The van der Waals surface area contributed by atoms with Crippen molar-refractivity contribution in [1.29, 1.82) is 5.26 Å². The Morgan fingerprint density at radius 1 is 1.60 bits per heavy atom. The van der Waals surface area contributed by atoms with Crippen molar-refractivity contribution in [3.05, 3.63) is 28.1 Å². The van der Waals surface area contributed by atoms with Crippen LogP contribution in [0.1, 0.15) is 18.4 Å². The number of rotatable bonds is 3.